The Balaban J connectivity index is 1.79. The van der Waals surface area contributed by atoms with E-state index in [0.29, 0.717) is 30.4 Å². The van der Waals surface area contributed by atoms with Crippen LogP contribution in [0.5, 0.6) is 11.5 Å². The number of aliphatic hydroxyl groups is 1. The maximum absolute atomic E-state index is 11.1. The van der Waals surface area contributed by atoms with Crippen LogP contribution in [0.2, 0.25) is 0 Å². The Morgan fingerprint density at radius 2 is 2.04 bits per heavy atom. The molecule has 1 unspecified atom stereocenters. The summed E-state index contributed by atoms with van der Waals surface area (Å²) in [5.41, 5.74) is 0.731. The van der Waals surface area contributed by atoms with Crippen LogP contribution in [-0.2, 0) is 9.53 Å². The second-order valence-electron chi connectivity index (χ2n) is 6.89. The van der Waals surface area contributed by atoms with Gasteiger partial charge in [-0.2, -0.15) is 0 Å². The summed E-state index contributed by atoms with van der Waals surface area (Å²) in [4.78, 5) is 15.4. The first-order chi connectivity index (χ1) is 13.1. The summed E-state index contributed by atoms with van der Waals surface area (Å²) in [6.45, 7) is 0.537. The number of carbonyl (C=O) groups is 1. The van der Waals surface area contributed by atoms with Crippen molar-refractivity contribution in [3.05, 3.63) is 24.0 Å². The van der Waals surface area contributed by atoms with E-state index in [1.807, 2.05) is 18.2 Å². The van der Waals surface area contributed by atoms with Crippen LogP contribution in [0.25, 0.3) is 6.08 Å². The van der Waals surface area contributed by atoms with Crippen molar-refractivity contribution in [1.82, 2.24) is 4.98 Å². The Labute approximate surface area is 161 Å². The Kier molecular flexibility index (Phi) is 9.11. The van der Waals surface area contributed by atoms with Gasteiger partial charge in [-0.1, -0.05) is 18.9 Å². The van der Waals surface area contributed by atoms with Gasteiger partial charge in [-0.3, -0.25) is 9.78 Å². The molecule has 1 heterocycles. The fraction of sp³-hybridized carbons (Fsp3) is 0.619. The Morgan fingerprint density at radius 1 is 1.26 bits per heavy atom. The molecule has 1 saturated carbocycles. The predicted octanol–water partition coefficient (Wildman–Crippen LogP) is 3.77. The molecule has 0 bridgehead atoms. The third-order valence-electron chi connectivity index (χ3n) is 4.93. The van der Waals surface area contributed by atoms with Crippen LogP contribution in [0.4, 0.5) is 0 Å². The number of carbonyl (C=O) groups excluding carboxylic acids is 1. The fourth-order valence-corrected chi connectivity index (χ4v) is 3.28. The number of unbranched alkanes of at least 4 members (excludes halogenated alkanes) is 2. The van der Waals surface area contributed by atoms with Crippen molar-refractivity contribution in [3.8, 4) is 11.5 Å². The van der Waals surface area contributed by atoms with E-state index in [2.05, 4.69) is 9.72 Å². The average molecular weight is 377 g/mol. The van der Waals surface area contributed by atoms with Crippen molar-refractivity contribution in [3.63, 3.8) is 0 Å². The smallest absolute Gasteiger partial charge is 0.305 e. The summed E-state index contributed by atoms with van der Waals surface area (Å²) in [7, 11) is 3.00. The first-order valence-electron chi connectivity index (χ1n) is 9.74. The predicted molar refractivity (Wildman–Crippen MR) is 104 cm³/mol. The van der Waals surface area contributed by atoms with Crippen molar-refractivity contribution in [2.75, 3.05) is 20.8 Å². The summed E-state index contributed by atoms with van der Waals surface area (Å²) < 4.78 is 15.8. The lowest BCUT2D eigenvalue weighted by Gasteiger charge is -2.13. The zero-order valence-electron chi connectivity index (χ0n) is 16.4. The molecule has 1 aromatic heterocycles. The lowest BCUT2D eigenvalue weighted by atomic mass is 10.0. The van der Waals surface area contributed by atoms with E-state index in [9.17, 15) is 9.90 Å². The number of aromatic nitrogens is 1. The normalized spacial score (nSPS) is 15.8. The van der Waals surface area contributed by atoms with Crippen molar-refractivity contribution in [2.45, 2.75) is 57.5 Å². The summed E-state index contributed by atoms with van der Waals surface area (Å²) in [5.74, 6) is 1.40. The molecule has 0 amide bonds. The second kappa shape index (κ2) is 11.6. The third-order valence-corrected chi connectivity index (χ3v) is 4.93. The molecular formula is C21H31NO5. The standard InChI is InChI=1S/C21H31NO5/c1-25-19-14-17(11-12-18(23)16-8-5-6-9-16)22-15-20(19)27-13-7-3-4-10-21(24)26-2/h11-12,14-16,18,23H,3-10,13H2,1-2H3. The molecular weight excluding hydrogens is 346 g/mol. The minimum Gasteiger partial charge on any atom is -0.493 e. The van der Waals surface area contributed by atoms with Crippen LogP contribution in [0.15, 0.2) is 18.3 Å². The van der Waals surface area contributed by atoms with E-state index >= 15 is 0 Å². The quantitative estimate of drug-likeness (QED) is 0.467. The van der Waals surface area contributed by atoms with Crippen LogP contribution in [-0.4, -0.2) is 43.0 Å². The van der Waals surface area contributed by atoms with Crippen LogP contribution in [0, 0.1) is 5.92 Å². The summed E-state index contributed by atoms with van der Waals surface area (Å²) in [5, 5.41) is 10.2. The molecule has 6 heteroatoms. The van der Waals surface area contributed by atoms with E-state index in [1.54, 1.807) is 13.3 Å². The molecule has 150 valence electrons. The molecule has 1 atom stereocenters. The Hall–Kier alpha value is -2.08. The molecule has 0 aromatic carbocycles. The zero-order valence-corrected chi connectivity index (χ0v) is 16.4. The molecule has 27 heavy (non-hydrogen) atoms. The van der Waals surface area contributed by atoms with Gasteiger partial charge in [0.2, 0.25) is 0 Å². The number of aliphatic hydroxyl groups excluding tert-OH is 1. The van der Waals surface area contributed by atoms with Crippen LogP contribution >= 0.6 is 0 Å². The minimum absolute atomic E-state index is 0.177. The molecule has 0 spiro atoms. The van der Waals surface area contributed by atoms with Gasteiger partial charge < -0.3 is 19.3 Å². The number of hydrogen-bond acceptors (Lipinski definition) is 6. The number of hydrogen-bond donors (Lipinski definition) is 1. The maximum atomic E-state index is 11.1. The zero-order chi connectivity index (χ0) is 19.5. The highest BCUT2D eigenvalue weighted by Gasteiger charge is 2.21. The van der Waals surface area contributed by atoms with Gasteiger partial charge in [0.1, 0.15) is 0 Å². The van der Waals surface area contributed by atoms with Crippen LogP contribution < -0.4 is 9.47 Å². The van der Waals surface area contributed by atoms with Crippen molar-refractivity contribution >= 4 is 12.0 Å². The summed E-state index contributed by atoms with van der Waals surface area (Å²) >= 11 is 0. The highest BCUT2D eigenvalue weighted by molar-refractivity contribution is 5.68. The van der Waals surface area contributed by atoms with E-state index in [4.69, 9.17) is 9.47 Å². The van der Waals surface area contributed by atoms with Crippen molar-refractivity contribution in [1.29, 1.82) is 0 Å². The van der Waals surface area contributed by atoms with Crippen LogP contribution in [0.1, 0.15) is 57.1 Å². The largest absolute Gasteiger partial charge is 0.493 e. The first kappa shape index (κ1) is 21.2. The first-order valence-corrected chi connectivity index (χ1v) is 9.74. The van der Waals surface area contributed by atoms with Crippen molar-refractivity contribution < 1.29 is 24.1 Å². The number of ether oxygens (including phenoxy) is 3. The SMILES string of the molecule is COC(=O)CCCCCOc1cnc(C=CC(O)C2CCCC2)cc1OC. The maximum Gasteiger partial charge on any atom is 0.305 e. The van der Waals surface area contributed by atoms with Gasteiger partial charge in [0.15, 0.2) is 11.5 Å². The highest BCUT2D eigenvalue weighted by Crippen LogP contribution is 2.29. The average Bonchev–Trinajstić information content (AvgIpc) is 3.23. The van der Waals surface area contributed by atoms with Gasteiger partial charge in [-0.25, -0.2) is 0 Å². The number of pyridine rings is 1. The summed E-state index contributed by atoms with van der Waals surface area (Å²) in [6.07, 6.45) is 12.4. The Morgan fingerprint density at radius 3 is 2.74 bits per heavy atom. The molecule has 1 N–H and O–H groups in total. The molecule has 2 rings (SSSR count). The van der Waals surface area contributed by atoms with E-state index in [-0.39, 0.29) is 5.97 Å². The van der Waals surface area contributed by atoms with Gasteiger partial charge in [-0.15, -0.1) is 0 Å². The molecule has 6 nitrogen and oxygen atoms in total. The molecule has 1 aromatic rings. The Bertz CT molecular complexity index is 611. The second-order valence-corrected chi connectivity index (χ2v) is 6.89. The van der Waals surface area contributed by atoms with Gasteiger partial charge >= 0.3 is 5.97 Å². The molecule has 1 aliphatic carbocycles. The molecule has 0 radical (unpaired) electrons. The van der Waals surface area contributed by atoms with Gasteiger partial charge in [0, 0.05) is 12.5 Å². The molecule has 0 aliphatic heterocycles. The number of esters is 1. The van der Waals surface area contributed by atoms with Gasteiger partial charge in [-0.05, 0) is 44.1 Å². The topological polar surface area (TPSA) is 77.9 Å². The minimum atomic E-state index is -0.416. The number of nitrogens with zero attached hydrogens (tertiary/aromatic N) is 1. The highest BCUT2D eigenvalue weighted by atomic mass is 16.5. The molecule has 1 fully saturated rings. The monoisotopic (exact) mass is 377 g/mol. The lowest BCUT2D eigenvalue weighted by Crippen LogP contribution is -2.14. The summed E-state index contributed by atoms with van der Waals surface area (Å²) in [6, 6.07) is 1.81. The van der Waals surface area contributed by atoms with Crippen LogP contribution in [0.3, 0.4) is 0 Å². The van der Waals surface area contributed by atoms with E-state index in [0.717, 1.165) is 37.8 Å². The fourth-order valence-electron chi connectivity index (χ4n) is 3.28. The van der Waals surface area contributed by atoms with E-state index in [1.165, 1.54) is 20.0 Å². The molecule has 0 saturated heterocycles. The molecule has 1 aliphatic rings. The van der Waals surface area contributed by atoms with E-state index < -0.39 is 6.10 Å². The third kappa shape index (κ3) is 7.21. The van der Waals surface area contributed by atoms with Gasteiger partial charge in [0.05, 0.1) is 38.8 Å². The van der Waals surface area contributed by atoms with Gasteiger partial charge in [0.25, 0.3) is 0 Å². The number of methoxy groups -OCH3 is 2. The lowest BCUT2D eigenvalue weighted by molar-refractivity contribution is -0.140. The number of rotatable bonds is 11. The van der Waals surface area contributed by atoms with Crippen molar-refractivity contribution in [2.24, 2.45) is 5.92 Å².